The summed E-state index contributed by atoms with van der Waals surface area (Å²) in [5, 5.41) is 8.87. The van der Waals surface area contributed by atoms with Crippen LogP contribution in [0, 0.1) is 11.3 Å². The third-order valence-electron chi connectivity index (χ3n) is 2.97. The molecule has 1 fully saturated rings. The van der Waals surface area contributed by atoms with E-state index in [0.717, 1.165) is 31.8 Å². The minimum atomic E-state index is -0.0644. The van der Waals surface area contributed by atoms with E-state index < -0.39 is 0 Å². The van der Waals surface area contributed by atoms with Gasteiger partial charge >= 0.3 is 0 Å². The van der Waals surface area contributed by atoms with Gasteiger partial charge in [-0.1, -0.05) is 12.1 Å². The van der Waals surface area contributed by atoms with Crippen molar-refractivity contribution in [3.8, 4) is 6.07 Å². The molecule has 90 valence electrons. The Bertz CT molecular complexity index is 434. The lowest BCUT2D eigenvalue weighted by Crippen LogP contribution is -2.47. The maximum absolute atomic E-state index is 8.87. The smallest absolute Gasteiger partial charge is 0.0991 e. The molecule has 0 spiro atoms. The average molecular weight is 230 g/mol. The molecule has 3 heteroatoms. The van der Waals surface area contributed by atoms with Crippen LogP contribution in [0.15, 0.2) is 24.3 Å². The third kappa shape index (κ3) is 3.29. The summed E-state index contributed by atoms with van der Waals surface area (Å²) in [5.41, 5.74) is 1.86. The number of hydrogen-bond acceptors (Lipinski definition) is 3. The van der Waals surface area contributed by atoms with Crippen molar-refractivity contribution in [2.45, 2.75) is 26.0 Å². The lowest BCUT2D eigenvalue weighted by Gasteiger charge is -2.38. The first-order valence-electron chi connectivity index (χ1n) is 5.94. The fourth-order valence-electron chi connectivity index (χ4n) is 2.25. The Labute approximate surface area is 103 Å². The van der Waals surface area contributed by atoms with Crippen molar-refractivity contribution < 1.29 is 4.74 Å². The monoisotopic (exact) mass is 230 g/mol. The highest BCUT2D eigenvalue weighted by atomic mass is 16.5. The van der Waals surface area contributed by atoms with Crippen LogP contribution in [0.1, 0.15) is 25.0 Å². The highest BCUT2D eigenvalue weighted by molar-refractivity contribution is 5.32. The van der Waals surface area contributed by atoms with Crippen molar-refractivity contribution in [3.05, 3.63) is 35.4 Å². The van der Waals surface area contributed by atoms with Gasteiger partial charge in [0.1, 0.15) is 0 Å². The van der Waals surface area contributed by atoms with Gasteiger partial charge in [-0.3, -0.25) is 4.90 Å². The van der Waals surface area contributed by atoms with Crippen molar-refractivity contribution in [3.63, 3.8) is 0 Å². The zero-order valence-electron chi connectivity index (χ0n) is 10.4. The molecule has 0 aliphatic carbocycles. The van der Waals surface area contributed by atoms with Crippen LogP contribution in [0.3, 0.4) is 0 Å². The van der Waals surface area contributed by atoms with Crippen LogP contribution in [0.4, 0.5) is 0 Å². The summed E-state index contributed by atoms with van der Waals surface area (Å²) in [5.74, 6) is 0. The molecule has 0 N–H and O–H groups in total. The molecule has 3 nitrogen and oxygen atoms in total. The Balaban J connectivity index is 2.03. The second kappa shape index (κ2) is 4.87. The average Bonchev–Trinajstić information content (AvgIpc) is 2.28. The molecule has 1 aromatic carbocycles. The quantitative estimate of drug-likeness (QED) is 0.781. The van der Waals surface area contributed by atoms with Gasteiger partial charge in [0.2, 0.25) is 0 Å². The normalized spacial score (nSPS) is 19.8. The number of nitrogens with zero attached hydrogens (tertiary/aromatic N) is 2. The first-order chi connectivity index (χ1) is 8.09. The first-order valence-corrected chi connectivity index (χ1v) is 5.94. The van der Waals surface area contributed by atoms with Crippen molar-refractivity contribution in [2.24, 2.45) is 0 Å². The molecule has 1 saturated heterocycles. The predicted octanol–water partition coefficient (Wildman–Crippen LogP) is 2.17. The van der Waals surface area contributed by atoms with Crippen LogP contribution in [0.2, 0.25) is 0 Å². The number of nitriles is 1. The number of morpholine rings is 1. The molecular formula is C14H18N2O. The summed E-state index contributed by atoms with van der Waals surface area (Å²) in [6.45, 7) is 7.80. The van der Waals surface area contributed by atoms with Crippen molar-refractivity contribution in [1.82, 2.24) is 4.90 Å². The second-order valence-electron chi connectivity index (χ2n) is 5.13. The number of ether oxygens (including phenoxy) is 1. The predicted molar refractivity (Wildman–Crippen MR) is 66.5 cm³/mol. The van der Waals surface area contributed by atoms with Crippen molar-refractivity contribution >= 4 is 0 Å². The van der Waals surface area contributed by atoms with E-state index in [4.69, 9.17) is 10.00 Å². The third-order valence-corrected chi connectivity index (χ3v) is 2.97. The van der Waals surface area contributed by atoms with Crippen molar-refractivity contribution in [2.75, 3.05) is 19.7 Å². The summed E-state index contributed by atoms with van der Waals surface area (Å²) in [6.07, 6.45) is 0. The van der Waals surface area contributed by atoms with Gasteiger partial charge in [-0.05, 0) is 31.5 Å². The maximum atomic E-state index is 8.87. The van der Waals surface area contributed by atoms with E-state index in [1.54, 1.807) is 0 Å². The molecule has 0 aromatic heterocycles. The minimum Gasteiger partial charge on any atom is -0.373 e. The standard InChI is InChI=1S/C14H18N2O/c1-14(2)11-16(6-7-17-14)10-13-5-3-4-12(8-13)9-15/h3-5,8H,6-7,10-11H2,1-2H3. The van der Waals surface area contributed by atoms with E-state index in [1.165, 1.54) is 5.56 Å². The van der Waals surface area contributed by atoms with E-state index in [0.29, 0.717) is 0 Å². The molecule has 0 radical (unpaired) electrons. The molecule has 0 amide bonds. The molecule has 0 bridgehead atoms. The van der Waals surface area contributed by atoms with Gasteiger partial charge in [0.05, 0.1) is 23.8 Å². The Morgan fingerprint density at radius 1 is 1.47 bits per heavy atom. The van der Waals surface area contributed by atoms with Gasteiger partial charge in [-0.15, -0.1) is 0 Å². The number of rotatable bonds is 2. The van der Waals surface area contributed by atoms with Gasteiger partial charge in [0.25, 0.3) is 0 Å². The van der Waals surface area contributed by atoms with Gasteiger partial charge < -0.3 is 4.74 Å². The van der Waals surface area contributed by atoms with Gasteiger partial charge in [0, 0.05) is 19.6 Å². The van der Waals surface area contributed by atoms with Crippen LogP contribution >= 0.6 is 0 Å². The van der Waals surface area contributed by atoms with Crippen LogP contribution in [-0.4, -0.2) is 30.2 Å². The lowest BCUT2D eigenvalue weighted by molar-refractivity contribution is -0.0882. The van der Waals surface area contributed by atoms with E-state index in [2.05, 4.69) is 30.9 Å². The topological polar surface area (TPSA) is 36.3 Å². The number of benzene rings is 1. The Hall–Kier alpha value is -1.37. The van der Waals surface area contributed by atoms with Gasteiger partial charge in [-0.25, -0.2) is 0 Å². The highest BCUT2D eigenvalue weighted by Gasteiger charge is 2.26. The molecule has 1 aromatic rings. The zero-order chi connectivity index (χ0) is 12.3. The molecule has 1 aliphatic heterocycles. The second-order valence-corrected chi connectivity index (χ2v) is 5.13. The van der Waals surface area contributed by atoms with Crippen LogP contribution in [0.5, 0.6) is 0 Å². The number of hydrogen-bond donors (Lipinski definition) is 0. The fraction of sp³-hybridized carbons (Fsp3) is 0.500. The van der Waals surface area contributed by atoms with Crippen LogP contribution in [-0.2, 0) is 11.3 Å². The fourth-order valence-corrected chi connectivity index (χ4v) is 2.25. The van der Waals surface area contributed by atoms with E-state index >= 15 is 0 Å². The van der Waals surface area contributed by atoms with Gasteiger partial charge in [-0.2, -0.15) is 5.26 Å². The van der Waals surface area contributed by atoms with Gasteiger partial charge in [0.15, 0.2) is 0 Å². The zero-order valence-corrected chi connectivity index (χ0v) is 10.4. The largest absolute Gasteiger partial charge is 0.373 e. The summed E-state index contributed by atoms with van der Waals surface area (Å²) in [7, 11) is 0. The Kier molecular flexibility index (Phi) is 3.46. The van der Waals surface area contributed by atoms with Crippen LogP contribution in [0.25, 0.3) is 0 Å². The summed E-state index contributed by atoms with van der Waals surface area (Å²) < 4.78 is 5.68. The summed E-state index contributed by atoms with van der Waals surface area (Å²) >= 11 is 0. The van der Waals surface area contributed by atoms with Crippen LogP contribution < -0.4 is 0 Å². The minimum absolute atomic E-state index is 0.0644. The van der Waals surface area contributed by atoms with E-state index in [1.807, 2.05) is 18.2 Å². The van der Waals surface area contributed by atoms with Crippen molar-refractivity contribution in [1.29, 1.82) is 5.26 Å². The summed E-state index contributed by atoms with van der Waals surface area (Å²) in [6, 6.07) is 10.00. The highest BCUT2D eigenvalue weighted by Crippen LogP contribution is 2.18. The van der Waals surface area contributed by atoms with E-state index in [9.17, 15) is 0 Å². The summed E-state index contributed by atoms with van der Waals surface area (Å²) in [4.78, 5) is 2.37. The first kappa shape index (κ1) is 12.1. The lowest BCUT2D eigenvalue weighted by atomic mass is 10.1. The molecule has 1 aliphatic rings. The molecule has 2 rings (SSSR count). The molecule has 0 unspecified atom stereocenters. The SMILES string of the molecule is CC1(C)CN(Cc2cccc(C#N)c2)CCO1. The maximum Gasteiger partial charge on any atom is 0.0991 e. The Morgan fingerprint density at radius 2 is 2.29 bits per heavy atom. The molecule has 17 heavy (non-hydrogen) atoms. The van der Waals surface area contributed by atoms with E-state index in [-0.39, 0.29) is 5.60 Å². The molecular weight excluding hydrogens is 212 g/mol. The molecule has 1 heterocycles. The Morgan fingerprint density at radius 3 is 3.00 bits per heavy atom. The molecule has 0 atom stereocenters. The molecule has 0 saturated carbocycles.